The number of likely N-dealkylation sites (tertiary alicyclic amines) is 1. The number of rotatable bonds is 4. The lowest BCUT2D eigenvalue weighted by molar-refractivity contribution is -0.142. The van der Waals surface area contributed by atoms with Crippen molar-refractivity contribution in [1.29, 1.82) is 0 Å². The molecule has 1 fully saturated rings. The maximum atomic E-state index is 12.1. The molecule has 0 aliphatic carbocycles. The molecule has 2 heterocycles. The largest absolute Gasteiger partial charge is 0.369 e. The van der Waals surface area contributed by atoms with Gasteiger partial charge in [0, 0.05) is 20.0 Å². The molecule has 0 radical (unpaired) electrons. The zero-order valence-corrected chi connectivity index (χ0v) is 11.4. The number of aryl methyl sites for hydroxylation is 1. The van der Waals surface area contributed by atoms with Crippen LogP contribution in [0.4, 0.5) is 0 Å². The van der Waals surface area contributed by atoms with Gasteiger partial charge in [-0.3, -0.25) is 9.59 Å². The molecule has 2 N–H and O–H groups in total. The molecule has 1 saturated heterocycles. The molecule has 1 aromatic heterocycles. The van der Waals surface area contributed by atoms with Crippen LogP contribution in [-0.4, -0.2) is 32.8 Å². The number of amides is 2. The zero-order chi connectivity index (χ0) is 14.0. The first-order valence-electron chi connectivity index (χ1n) is 6.61. The third-order valence-electron chi connectivity index (χ3n) is 3.69. The summed E-state index contributed by atoms with van der Waals surface area (Å²) in [5.74, 6) is -0.593. The topological polar surface area (TPSA) is 81.2 Å². The number of nitrogens with zero attached hydrogens (tertiary/aromatic N) is 3. The first kappa shape index (κ1) is 13.6. The highest BCUT2D eigenvalue weighted by molar-refractivity contribution is 5.84. The molecule has 0 spiro atoms. The molecule has 1 aliphatic heterocycles. The van der Waals surface area contributed by atoms with E-state index in [0.29, 0.717) is 19.4 Å². The highest BCUT2D eigenvalue weighted by Gasteiger charge is 2.40. The average molecular weight is 264 g/mol. The van der Waals surface area contributed by atoms with Crippen LogP contribution in [0.25, 0.3) is 0 Å². The predicted octanol–water partition coefficient (Wildman–Crippen LogP) is 0.595. The van der Waals surface area contributed by atoms with E-state index in [0.717, 1.165) is 12.1 Å². The number of nitrogens with two attached hydrogens (primary N) is 1. The van der Waals surface area contributed by atoms with Crippen molar-refractivity contribution in [3.63, 3.8) is 0 Å². The summed E-state index contributed by atoms with van der Waals surface area (Å²) in [4.78, 5) is 29.7. The summed E-state index contributed by atoms with van der Waals surface area (Å²) >= 11 is 0. The summed E-state index contributed by atoms with van der Waals surface area (Å²) in [6.45, 7) is 2.65. The lowest BCUT2D eigenvalue weighted by Crippen LogP contribution is -2.47. The molecule has 0 unspecified atom stereocenters. The van der Waals surface area contributed by atoms with Crippen molar-refractivity contribution in [2.45, 2.75) is 32.2 Å². The number of carbonyl (C=O) groups is 2. The Morgan fingerprint density at radius 3 is 2.84 bits per heavy atom. The van der Waals surface area contributed by atoms with Crippen LogP contribution in [0.5, 0.6) is 0 Å². The third kappa shape index (κ3) is 2.47. The van der Waals surface area contributed by atoms with E-state index in [1.807, 2.05) is 18.5 Å². The summed E-state index contributed by atoms with van der Waals surface area (Å²) in [6, 6.07) is -0.286. The Morgan fingerprint density at radius 2 is 2.32 bits per heavy atom. The molecular weight excluding hydrogens is 244 g/mol. The summed E-state index contributed by atoms with van der Waals surface area (Å²) in [5.41, 5.74) is 6.38. The lowest BCUT2D eigenvalue weighted by atomic mass is 9.86. The van der Waals surface area contributed by atoms with Crippen LogP contribution < -0.4 is 5.73 Å². The van der Waals surface area contributed by atoms with E-state index >= 15 is 0 Å². The van der Waals surface area contributed by atoms with Gasteiger partial charge in [-0.15, -0.1) is 0 Å². The number of primary amides is 1. The quantitative estimate of drug-likeness (QED) is 0.864. The van der Waals surface area contributed by atoms with E-state index in [2.05, 4.69) is 4.98 Å². The number of carbonyl (C=O) groups excluding carboxylic acids is 2. The van der Waals surface area contributed by atoms with E-state index in [4.69, 9.17) is 5.73 Å². The number of aromatic nitrogens is 2. The fourth-order valence-electron chi connectivity index (χ4n) is 2.77. The van der Waals surface area contributed by atoms with Gasteiger partial charge in [-0.1, -0.05) is 6.92 Å². The molecule has 19 heavy (non-hydrogen) atoms. The van der Waals surface area contributed by atoms with Gasteiger partial charge >= 0.3 is 0 Å². The minimum absolute atomic E-state index is 0.0885. The van der Waals surface area contributed by atoms with Crippen LogP contribution in [0.15, 0.2) is 12.5 Å². The minimum atomic E-state index is -0.347. The van der Waals surface area contributed by atoms with E-state index in [-0.39, 0.29) is 23.8 Å². The normalized spacial score (nSPS) is 23.7. The smallest absolute Gasteiger partial charge is 0.223 e. The highest BCUT2D eigenvalue weighted by atomic mass is 16.2. The van der Waals surface area contributed by atoms with E-state index < -0.39 is 0 Å². The van der Waals surface area contributed by atoms with Gasteiger partial charge in [-0.2, -0.15) is 0 Å². The van der Waals surface area contributed by atoms with E-state index in [1.165, 1.54) is 0 Å². The molecular formula is C13H20N4O2. The summed E-state index contributed by atoms with van der Waals surface area (Å²) in [6.07, 6.45) is 5.15. The van der Waals surface area contributed by atoms with Gasteiger partial charge in [-0.25, -0.2) is 4.98 Å². The average Bonchev–Trinajstić information content (AvgIpc) is 2.77. The second-order valence-electron chi connectivity index (χ2n) is 5.01. The molecule has 6 nitrogen and oxygen atoms in total. The molecule has 104 valence electrons. The molecule has 6 heteroatoms. The van der Waals surface area contributed by atoms with Crippen molar-refractivity contribution in [2.24, 2.45) is 18.7 Å². The number of imidazole rings is 1. The Bertz CT molecular complexity index is 483. The Balaban J connectivity index is 2.41. The van der Waals surface area contributed by atoms with Crippen molar-refractivity contribution < 1.29 is 9.59 Å². The molecule has 0 saturated carbocycles. The predicted molar refractivity (Wildman–Crippen MR) is 69.9 cm³/mol. The molecule has 0 aromatic carbocycles. The number of hydrogen-bond acceptors (Lipinski definition) is 3. The number of hydrogen-bond donors (Lipinski definition) is 1. The molecule has 1 aromatic rings. The van der Waals surface area contributed by atoms with Crippen molar-refractivity contribution in [2.75, 3.05) is 6.54 Å². The fourth-order valence-corrected chi connectivity index (χ4v) is 2.77. The number of piperidine rings is 1. The zero-order valence-electron chi connectivity index (χ0n) is 11.4. The second kappa shape index (κ2) is 5.42. The van der Waals surface area contributed by atoms with Crippen LogP contribution in [0.1, 0.15) is 37.9 Å². The maximum Gasteiger partial charge on any atom is 0.223 e. The van der Waals surface area contributed by atoms with Crippen LogP contribution in [0.3, 0.4) is 0 Å². The lowest BCUT2D eigenvalue weighted by Gasteiger charge is -2.39. The molecule has 2 rings (SSSR count). The van der Waals surface area contributed by atoms with Crippen LogP contribution in [-0.2, 0) is 16.6 Å². The molecule has 2 atom stereocenters. The minimum Gasteiger partial charge on any atom is -0.369 e. The summed E-state index contributed by atoms with van der Waals surface area (Å²) in [7, 11) is 1.86. The van der Waals surface area contributed by atoms with Gasteiger partial charge in [0.15, 0.2) is 0 Å². The summed E-state index contributed by atoms with van der Waals surface area (Å²) in [5, 5.41) is 0. The van der Waals surface area contributed by atoms with Crippen molar-refractivity contribution in [3.05, 3.63) is 18.2 Å². The SMILES string of the molecule is CCCN1C(=O)CC[C@H](C(N)=O)[C@@H]1c1cncn1C. The Hall–Kier alpha value is -1.85. The Kier molecular flexibility index (Phi) is 3.87. The van der Waals surface area contributed by atoms with Gasteiger partial charge in [0.05, 0.1) is 30.2 Å². The van der Waals surface area contributed by atoms with Crippen LogP contribution in [0, 0.1) is 5.92 Å². The van der Waals surface area contributed by atoms with Gasteiger partial charge in [0.2, 0.25) is 11.8 Å². The van der Waals surface area contributed by atoms with Crippen molar-refractivity contribution in [1.82, 2.24) is 14.5 Å². The molecule has 0 bridgehead atoms. The second-order valence-corrected chi connectivity index (χ2v) is 5.01. The van der Waals surface area contributed by atoms with Gasteiger partial charge in [0.25, 0.3) is 0 Å². The molecule has 1 aliphatic rings. The fraction of sp³-hybridized carbons (Fsp3) is 0.615. The van der Waals surface area contributed by atoms with Crippen molar-refractivity contribution >= 4 is 11.8 Å². The first-order chi connectivity index (χ1) is 9.06. The van der Waals surface area contributed by atoms with Gasteiger partial charge in [0.1, 0.15) is 0 Å². The molecule has 2 amide bonds. The van der Waals surface area contributed by atoms with E-state index in [9.17, 15) is 9.59 Å². The van der Waals surface area contributed by atoms with Gasteiger partial charge in [-0.05, 0) is 12.8 Å². The van der Waals surface area contributed by atoms with Crippen molar-refractivity contribution in [3.8, 4) is 0 Å². The van der Waals surface area contributed by atoms with Crippen LogP contribution in [0.2, 0.25) is 0 Å². The maximum absolute atomic E-state index is 12.1. The van der Waals surface area contributed by atoms with Crippen LogP contribution >= 0.6 is 0 Å². The van der Waals surface area contributed by atoms with E-state index in [1.54, 1.807) is 17.4 Å². The first-order valence-corrected chi connectivity index (χ1v) is 6.61. The Morgan fingerprint density at radius 1 is 1.58 bits per heavy atom. The standard InChI is InChI=1S/C13H20N4O2/c1-3-6-17-11(18)5-4-9(13(14)19)12(17)10-7-15-8-16(10)2/h7-9,12H,3-6H2,1-2H3,(H2,14,19)/t9-,12+/m0/s1. The third-order valence-corrected chi connectivity index (χ3v) is 3.69. The summed E-state index contributed by atoms with van der Waals surface area (Å²) < 4.78 is 1.85. The highest BCUT2D eigenvalue weighted by Crippen LogP contribution is 2.36. The Labute approximate surface area is 112 Å². The van der Waals surface area contributed by atoms with Gasteiger partial charge < -0.3 is 15.2 Å². The monoisotopic (exact) mass is 264 g/mol.